The Bertz CT molecular complexity index is 494. The lowest BCUT2D eigenvalue weighted by Gasteiger charge is -2.20. The fraction of sp³-hybridized carbons (Fsp3) is 0.615. The number of hydrogen-bond donors (Lipinski definition) is 0. The van der Waals surface area contributed by atoms with Crippen LogP contribution < -0.4 is 0 Å². The van der Waals surface area contributed by atoms with Crippen LogP contribution in [0.4, 0.5) is 0 Å². The molecule has 6 heteroatoms. The smallest absolute Gasteiger partial charge is 0.367 e. The average Bonchev–Trinajstić information content (AvgIpc) is 3.13. The maximum atomic E-state index is 12.4. The Hall–Kier alpha value is -1.43. The van der Waals surface area contributed by atoms with Crippen molar-refractivity contribution < 1.29 is 14.3 Å². The molecule has 2 bridgehead atoms. The minimum Gasteiger partial charge on any atom is -0.461 e. The highest BCUT2D eigenvalue weighted by Gasteiger charge is 2.42. The van der Waals surface area contributed by atoms with Gasteiger partial charge in [-0.05, 0) is 32.6 Å². The van der Waals surface area contributed by atoms with E-state index in [1.165, 1.54) is 11.3 Å². The second kappa shape index (κ2) is 4.92. The molecule has 102 valence electrons. The maximum Gasteiger partial charge on any atom is 0.367 e. The Kier molecular flexibility index (Phi) is 3.26. The normalized spacial score (nSPS) is 24.8. The van der Waals surface area contributed by atoms with Gasteiger partial charge in [-0.3, -0.25) is 4.79 Å². The third-order valence-electron chi connectivity index (χ3n) is 3.86. The number of hydrogen-bond acceptors (Lipinski definition) is 5. The van der Waals surface area contributed by atoms with Crippen LogP contribution in [0.5, 0.6) is 0 Å². The topological polar surface area (TPSA) is 59.5 Å². The summed E-state index contributed by atoms with van der Waals surface area (Å²) in [5.74, 6) is -0.479. The highest BCUT2D eigenvalue weighted by Crippen LogP contribution is 2.38. The molecule has 3 heterocycles. The van der Waals surface area contributed by atoms with Crippen LogP contribution in [-0.2, 0) is 4.74 Å². The van der Waals surface area contributed by atoms with Crippen molar-refractivity contribution in [3.05, 3.63) is 16.1 Å². The van der Waals surface area contributed by atoms with E-state index >= 15 is 0 Å². The SMILES string of the molecule is CCOC(=O)c1nc(C(=O)N2C3CCC2CC3)cs1. The van der Waals surface area contributed by atoms with Crippen molar-refractivity contribution in [2.45, 2.75) is 44.7 Å². The largest absolute Gasteiger partial charge is 0.461 e. The van der Waals surface area contributed by atoms with Crippen molar-refractivity contribution in [2.75, 3.05) is 6.61 Å². The molecular weight excluding hydrogens is 264 g/mol. The van der Waals surface area contributed by atoms with E-state index in [9.17, 15) is 9.59 Å². The molecule has 0 N–H and O–H groups in total. The Morgan fingerprint density at radius 1 is 1.37 bits per heavy atom. The molecular formula is C13H16N2O3S. The van der Waals surface area contributed by atoms with Crippen LogP contribution in [0.2, 0.25) is 0 Å². The predicted octanol–water partition coefficient (Wildman–Crippen LogP) is 2.09. The van der Waals surface area contributed by atoms with Crippen molar-refractivity contribution in [1.29, 1.82) is 0 Å². The number of esters is 1. The number of nitrogens with zero attached hydrogens (tertiary/aromatic N) is 2. The van der Waals surface area contributed by atoms with E-state index < -0.39 is 5.97 Å². The van der Waals surface area contributed by atoms with Crippen molar-refractivity contribution in [1.82, 2.24) is 9.88 Å². The number of fused-ring (bicyclic) bond motifs is 2. The van der Waals surface area contributed by atoms with E-state index in [-0.39, 0.29) is 10.9 Å². The van der Waals surface area contributed by atoms with Gasteiger partial charge in [0.2, 0.25) is 5.01 Å². The first-order valence-electron chi connectivity index (χ1n) is 6.66. The molecule has 0 atom stereocenters. The first kappa shape index (κ1) is 12.6. The van der Waals surface area contributed by atoms with Crippen molar-refractivity contribution >= 4 is 23.2 Å². The molecule has 0 spiro atoms. The van der Waals surface area contributed by atoms with E-state index in [1.807, 2.05) is 4.90 Å². The van der Waals surface area contributed by atoms with Gasteiger partial charge in [-0.1, -0.05) is 0 Å². The lowest BCUT2D eigenvalue weighted by atomic mass is 10.0. The van der Waals surface area contributed by atoms with Gasteiger partial charge in [-0.2, -0.15) is 0 Å². The quantitative estimate of drug-likeness (QED) is 0.795. The van der Waals surface area contributed by atoms with E-state index in [4.69, 9.17) is 4.74 Å². The molecule has 0 aromatic carbocycles. The lowest BCUT2D eigenvalue weighted by molar-refractivity contribution is 0.0526. The van der Waals surface area contributed by atoms with Crippen LogP contribution in [-0.4, -0.2) is 40.5 Å². The number of rotatable bonds is 3. The molecule has 5 nitrogen and oxygen atoms in total. The third kappa shape index (κ3) is 2.14. The highest BCUT2D eigenvalue weighted by atomic mass is 32.1. The minimum atomic E-state index is -0.448. The summed E-state index contributed by atoms with van der Waals surface area (Å²) in [6, 6.07) is 0.760. The molecule has 2 saturated heterocycles. The first-order chi connectivity index (χ1) is 9.20. The Morgan fingerprint density at radius 2 is 2.00 bits per heavy atom. The summed E-state index contributed by atoms with van der Waals surface area (Å²) >= 11 is 1.17. The predicted molar refractivity (Wildman–Crippen MR) is 70.3 cm³/mol. The highest BCUT2D eigenvalue weighted by molar-refractivity contribution is 7.11. The summed E-state index contributed by atoms with van der Waals surface area (Å²) in [5.41, 5.74) is 0.381. The molecule has 1 aromatic heterocycles. The van der Waals surface area contributed by atoms with E-state index in [0.29, 0.717) is 24.4 Å². The summed E-state index contributed by atoms with van der Waals surface area (Å²) in [6.07, 6.45) is 4.41. The summed E-state index contributed by atoms with van der Waals surface area (Å²) in [6.45, 7) is 2.07. The zero-order valence-corrected chi connectivity index (χ0v) is 11.6. The van der Waals surface area contributed by atoms with Crippen LogP contribution in [0.3, 0.4) is 0 Å². The average molecular weight is 280 g/mol. The summed E-state index contributed by atoms with van der Waals surface area (Å²) in [5, 5.41) is 1.92. The zero-order valence-electron chi connectivity index (χ0n) is 10.8. The molecule has 3 rings (SSSR count). The molecule has 0 saturated carbocycles. The zero-order chi connectivity index (χ0) is 13.4. The van der Waals surface area contributed by atoms with Crippen LogP contribution in [0.15, 0.2) is 5.38 Å². The number of carbonyl (C=O) groups is 2. The van der Waals surface area contributed by atoms with Crippen LogP contribution in [0.1, 0.15) is 52.9 Å². The maximum absolute atomic E-state index is 12.4. The van der Waals surface area contributed by atoms with Gasteiger partial charge >= 0.3 is 5.97 Å². The monoisotopic (exact) mass is 280 g/mol. The van der Waals surface area contributed by atoms with Crippen molar-refractivity contribution in [3.63, 3.8) is 0 Å². The van der Waals surface area contributed by atoms with Crippen LogP contribution in [0.25, 0.3) is 0 Å². The number of carbonyl (C=O) groups excluding carboxylic acids is 2. The molecule has 0 unspecified atom stereocenters. The van der Waals surface area contributed by atoms with E-state index in [1.54, 1.807) is 12.3 Å². The second-order valence-electron chi connectivity index (χ2n) is 4.93. The Labute approximate surface area is 115 Å². The van der Waals surface area contributed by atoms with E-state index in [0.717, 1.165) is 25.7 Å². The first-order valence-corrected chi connectivity index (χ1v) is 7.54. The summed E-state index contributed by atoms with van der Waals surface area (Å²) in [7, 11) is 0. The van der Waals surface area contributed by atoms with Gasteiger partial charge in [0.05, 0.1) is 6.61 Å². The Balaban J connectivity index is 1.76. The Morgan fingerprint density at radius 3 is 2.58 bits per heavy atom. The summed E-state index contributed by atoms with van der Waals surface area (Å²) in [4.78, 5) is 30.0. The van der Waals surface area contributed by atoms with Gasteiger partial charge < -0.3 is 9.64 Å². The summed E-state index contributed by atoms with van der Waals surface area (Å²) < 4.78 is 4.89. The number of amides is 1. The molecule has 0 aliphatic carbocycles. The van der Waals surface area contributed by atoms with Crippen LogP contribution in [0, 0.1) is 0 Å². The molecule has 0 radical (unpaired) electrons. The fourth-order valence-corrected chi connectivity index (χ4v) is 3.72. The van der Waals surface area contributed by atoms with E-state index in [2.05, 4.69) is 4.98 Å². The molecule has 1 aromatic rings. The van der Waals surface area contributed by atoms with Gasteiger partial charge in [-0.25, -0.2) is 9.78 Å². The molecule has 2 fully saturated rings. The fourth-order valence-electron chi connectivity index (χ4n) is 3.04. The second-order valence-corrected chi connectivity index (χ2v) is 5.79. The minimum absolute atomic E-state index is 0.0307. The molecule has 19 heavy (non-hydrogen) atoms. The van der Waals surface area contributed by atoms with Gasteiger partial charge in [0.1, 0.15) is 5.69 Å². The van der Waals surface area contributed by atoms with Crippen molar-refractivity contribution in [2.24, 2.45) is 0 Å². The number of aromatic nitrogens is 1. The van der Waals surface area contributed by atoms with Crippen molar-refractivity contribution in [3.8, 4) is 0 Å². The lowest BCUT2D eigenvalue weighted by Crippen LogP contribution is -2.35. The van der Waals surface area contributed by atoms with Gasteiger partial charge in [0, 0.05) is 17.5 Å². The van der Waals surface area contributed by atoms with Gasteiger partial charge in [0.15, 0.2) is 0 Å². The molecule has 2 aliphatic rings. The van der Waals surface area contributed by atoms with Gasteiger partial charge in [-0.15, -0.1) is 11.3 Å². The number of thiazole rings is 1. The number of ether oxygens (including phenoxy) is 1. The molecule has 1 amide bonds. The standard InChI is InChI=1S/C13H16N2O3S/c1-2-18-13(17)11-14-10(7-19-11)12(16)15-8-3-4-9(15)6-5-8/h7-9H,2-6H2,1H3. The van der Waals surface area contributed by atoms with Crippen LogP contribution >= 0.6 is 11.3 Å². The van der Waals surface area contributed by atoms with Gasteiger partial charge in [0.25, 0.3) is 5.91 Å². The third-order valence-corrected chi connectivity index (χ3v) is 4.68. The molecule has 2 aliphatic heterocycles.